The first-order chi connectivity index (χ1) is 20.8. The number of rotatable bonds is 3. The molecule has 0 atom stereocenters. The average Bonchev–Trinajstić information content (AvgIpc) is 3.02. The molecule has 2 aromatic carbocycles. The van der Waals surface area contributed by atoms with Gasteiger partial charge in [0.05, 0.1) is 97.3 Å². The molecule has 0 fully saturated rings. The Labute approximate surface area is 245 Å². The van der Waals surface area contributed by atoms with Gasteiger partial charge in [-0.3, -0.25) is 0 Å². The highest BCUT2D eigenvalue weighted by Crippen LogP contribution is 2.38. The number of hydrogen-bond donors (Lipinski definition) is 1. The summed E-state index contributed by atoms with van der Waals surface area (Å²) < 4.78 is 56.7. The van der Waals surface area contributed by atoms with E-state index >= 15 is 0 Å². The molecule has 2 aromatic rings. The molecule has 13 nitrogen and oxygen atoms in total. The zero-order valence-corrected chi connectivity index (χ0v) is 23.8. The van der Waals surface area contributed by atoms with Crippen molar-refractivity contribution in [1.82, 2.24) is 0 Å². The Bertz CT molecular complexity index is 1090. The molecule has 13 heteroatoms. The van der Waals surface area contributed by atoms with Crippen molar-refractivity contribution in [3.63, 3.8) is 0 Å². The molecule has 0 radical (unpaired) electrons. The molecule has 0 unspecified atom stereocenters. The van der Waals surface area contributed by atoms with E-state index < -0.39 is 0 Å². The summed E-state index contributed by atoms with van der Waals surface area (Å²) in [6.45, 7) is 6.36. The molecule has 0 aromatic heterocycles. The third-order valence-corrected chi connectivity index (χ3v) is 5.91. The summed E-state index contributed by atoms with van der Waals surface area (Å²) in [5.74, 6) is 1.93. The predicted molar refractivity (Wildman–Crippen MR) is 150 cm³/mol. The number of aliphatic hydroxyl groups is 1. The molecule has 0 saturated heterocycles. The van der Waals surface area contributed by atoms with Gasteiger partial charge in [0.25, 0.3) is 0 Å². The van der Waals surface area contributed by atoms with Crippen molar-refractivity contribution in [3.05, 3.63) is 35.9 Å². The van der Waals surface area contributed by atoms with Crippen LogP contribution < -0.4 is 18.9 Å². The van der Waals surface area contributed by atoms with Gasteiger partial charge in [0, 0.05) is 17.7 Å². The second kappa shape index (κ2) is 19.2. The zero-order valence-electron chi connectivity index (χ0n) is 23.8. The van der Waals surface area contributed by atoms with Crippen LogP contribution in [0.15, 0.2) is 40.6 Å². The number of hydrogen-bond acceptors (Lipinski definition) is 13. The molecular weight excluding hydrogens is 552 g/mol. The van der Waals surface area contributed by atoms with Gasteiger partial charge in [-0.1, -0.05) is 0 Å². The zero-order chi connectivity index (χ0) is 29.1. The molecule has 2 aliphatic heterocycles. The Balaban J connectivity index is 1.48. The number of aliphatic hydroxyl groups excluding tert-OH is 1. The highest BCUT2D eigenvalue weighted by atomic mass is 16.6. The van der Waals surface area contributed by atoms with Gasteiger partial charge in [-0.2, -0.15) is 10.2 Å². The van der Waals surface area contributed by atoms with Crippen LogP contribution in [0.25, 0.3) is 0 Å². The van der Waals surface area contributed by atoms with Gasteiger partial charge in [0.2, 0.25) is 0 Å². The largest absolute Gasteiger partial charge is 0.487 e. The summed E-state index contributed by atoms with van der Waals surface area (Å²) in [7, 11) is 0. The lowest BCUT2D eigenvalue weighted by atomic mass is 10.1. The second-order valence-electron chi connectivity index (χ2n) is 8.99. The van der Waals surface area contributed by atoms with E-state index in [2.05, 4.69) is 10.2 Å². The minimum Gasteiger partial charge on any atom is -0.487 e. The molecule has 42 heavy (non-hydrogen) atoms. The molecule has 0 amide bonds. The fourth-order valence-corrected chi connectivity index (χ4v) is 3.91. The molecular formula is C29H40N2O11. The van der Waals surface area contributed by atoms with E-state index in [4.69, 9.17) is 47.4 Å². The van der Waals surface area contributed by atoms with Crippen LogP contribution in [0.2, 0.25) is 0 Å². The Morgan fingerprint density at radius 3 is 1.43 bits per heavy atom. The highest BCUT2D eigenvalue weighted by molar-refractivity contribution is 5.57. The average molecular weight is 593 g/mol. The van der Waals surface area contributed by atoms with Gasteiger partial charge in [-0.25, -0.2) is 0 Å². The molecule has 1 N–H and O–H groups in total. The molecule has 4 rings (SSSR count). The summed E-state index contributed by atoms with van der Waals surface area (Å²) in [5, 5.41) is 18.9. The fraction of sp³-hybridized carbons (Fsp3) is 0.586. The van der Waals surface area contributed by atoms with E-state index in [1.54, 1.807) is 30.3 Å². The monoisotopic (exact) mass is 592 g/mol. The Kier molecular flexibility index (Phi) is 14.6. The van der Waals surface area contributed by atoms with Crippen molar-refractivity contribution in [3.8, 4) is 23.0 Å². The lowest BCUT2D eigenvalue weighted by molar-refractivity contribution is 0.00704. The molecule has 0 spiro atoms. The molecule has 2 heterocycles. The van der Waals surface area contributed by atoms with Gasteiger partial charge in [-0.05, 0) is 18.2 Å². The summed E-state index contributed by atoms with van der Waals surface area (Å²) in [6.07, 6.45) is 0. The third-order valence-electron chi connectivity index (χ3n) is 5.91. The standard InChI is InChI=1S/C29H40N2O11/c32-22-23-19-25(21-28-29(23)42-18-14-38-10-6-34-5-9-37-13-17-41-28)31-30-24-1-2-26-27(20-24)40-16-12-36-8-4-33-3-7-35-11-15-39-26/h1-2,19-21,32H,3-18,22H2. The van der Waals surface area contributed by atoms with Crippen LogP contribution in [0.3, 0.4) is 0 Å². The van der Waals surface area contributed by atoms with E-state index in [1.807, 2.05) is 0 Å². The van der Waals surface area contributed by atoms with Crippen LogP contribution in [0, 0.1) is 0 Å². The highest BCUT2D eigenvalue weighted by Gasteiger charge is 2.15. The molecule has 2 aliphatic rings. The van der Waals surface area contributed by atoms with E-state index in [9.17, 15) is 5.11 Å². The van der Waals surface area contributed by atoms with E-state index in [1.165, 1.54) is 0 Å². The first kappa shape index (κ1) is 31.9. The van der Waals surface area contributed by atoms with Crippen molar-refractivity contribution in [1.29, 1.82) is 0 Å². The SMILES string of the molecule is OCc1cc(N=Nc2ccc3c(c2)OCCOCCOCCOCCO3)cc2c1OCCOCCOCCOCCO2. The van der Waals surface area contributed by atoms with Gasteiger partial charge < -0.3 is 52.5 Å². The maximum atomic E-state index is 10.1. The van der Waals surface area contributed by atoms with Crippen molar-refractivity contribution >= 4 is 11.4 Å². The van der Waals surface area contributed by atoms with Crippen LogP contribution >= 0.6 is 0 Å². The first-order valence-corrected chi connectivity index (χ1v) is 14.1. The van der Waals surface area contributed by atoms with Crippen LogP contribution in [-0.4, -0.2) is 111 Å². The summed E-state index contributed by atoms with van der Waals surface area (Å²) in [6, 6.07) is 8.72. The minimum absolute atomic E-state index is 0.276. The van der Waals surface area contributed by atoms with E-state index in [0.29, 0.717) is 132 Å². The lowest BCUT2D eigenvalue weighted by Crippen LogP contribution is -2.13. The van der Waals surface area contributed by atoms with Crippen LogP contribution in [-0.2, 0) is 35.0 Å². The third kappa shape index (κ3) is 11.3. The summed E-state index contributed by atoms with van der Waals surface area (Å²) in [5.41, 5.74) is 1.54. The summed E-state index contributed by atoms with van der Waals surface area (Å²) in [4.78, 5) is 0. The van der Waals surface area contributed by atoms with E-state index in [0.717, 1.165) is 0 Å². The lowest BCUT2D eigenvalue weighted by Gasteiger charge is -2.16. The van der Waals surface area contributed by atoms with E-state index in [-0.39, 0.29) is 19.8 Å². The molecule has 0 saturated carbocycles. The van der Waals surface area contributed by atoms with Crippen molar-refractivity contribution in [2.75, 3.05) is 106 Å². The topological polar surface area (TPSA) is 137 Å². The normalized spacial score (nSPS) is 19.2. The van der Waals surface area contributed by atoms with Crippen LogP contribution in [0.1, 0.15) is 5.56 Å². The minimum atomic E-state index is -0.276. The second-order valence-corrected chi connectivity index (χ2v) is 8.99. The van der Waals surface area contributed by atoms with Crippen molar-refractivity contribution < 1.29 is 52.5 Å². The Hall–Kier alpha value is -3.04. The van der Waals surface area contributed by atoms with Crippen molar-refractivity contribution in [2.45, 2.75) is 6.61 Å². The van der Waals surface area contributed by atoms with Gasteiger partial charge >= 0.3 is 0 Å². The Morgan fingerprint density at radius 2 is 0.881 bits per heavy atom. The number of fused-ring (bicyclic) bond motifs is 2. The first-order valence-electron chi connectivity index (χ1n) is 14.1. The van der Waals surface area contributed by atoms with Crippen molar-refractivity contribution in [2.24, 2.45) is 10.2 Å². The quantitative estimate of drug-likeness (QED) is 0.526. The van der Waals surface area contributed by atoms with Gasteiger partial charge in [0.1, 0.15) is 26.4 Å². The molecule has 0 bridgehead atoms. The molecule has 232 valence electrons. The van der Waals surface area contributed by atoms with Gasteiger partial charge in [-0.15, -0.1) is 0 Å². The maximum Gasteiger partial charge on any atom is 0.166 e. The number of azo groups is 1. The number of benzene rings is 2. The van der Waals surface area contributed by atoms with Gasteiger partial charge in [0.15, 0.2) is 23.0 Å². The maximum absolute atomic E-state index is 10.1. The smallest absolute Gasteiger partial charge is 0.166 e. The summed E-state index contributed by atoms with van der Waals surface area (Å²) >= 11 is 0. The van der Waals surface area contributed by atoms with Crippen LogP contribution in [0.4, 0.5) is 11.4 Å². The molecule has 0 aliphatic carbocycles. The van der Waals surface area contributed by atoms with Crippen LogP contribution in [0.5, 0.6) is 23.0 Å². The fourth-order valence-electron chi connectivity index (χ4n) is 3.91. The number of nitrogens with zero attached hydrogens (tertiary/aromatic N) is 2. The number of ether oxygens (including phenoxy) is 10. The Morgan fingerprint density at radius 1 is 0.452 bits per heavy atom. The predicted octanol–water partition coefficient (Wildman–Crippen LogP) is 3.24.